The van der Waals surface area contributed by atoms with Gasteiger partial charge in [-0.3, -0.25) is 0 Å². The predicted molar refractivity (Wildman–Crippen MR) is 64.4 cm³/mol. The summed E-state index contributed by atoms with van der Waals surface area (Å²) in [6.45, 7) is 0. The fourth-order valence-corrected chi connectivity index (χ4v) is 1.74. The Morgan fingerprint density at radius 2 is 0.900 bits per heavy atom. The Morgan fingerprint density at radius 1 is 0.550 bits per heavy atom. The second-order valence-corrected chi connectivity index (χ2v) is 3.93. The molecule has 0 N–H and O–H groups in total. The predicted octanol–water partition coefficient (Wildman–Crippen LogP) is 5.91. The molecular weight excluding hydrogens is 282 g/mol. The summed E-state index contributed by atoms with van der Waals surface area (Å²) in [6.07, 6.45) is -4.90. The third-order valence-electron chi connectivity index (χ3n) is 2.68. The molecule has 0 heterocycles. The highest BCUT2D eigenvalue weighted by molar-refractivity contribution is 5.88. The molecule has 0 saturated heterocycles. The van der Waals surface area contributed by atoms with Gasteiger partial charge in [0.05, 0.1) is 0 Å². The summed E-state index contributed by atoms with van der Waals surface area (Å²) in [4.78, 5) is 0. The second kappa shape index (κ2) is 5.40. The van der Waals surface area contributed by atoms with E-state index in [4.69, 9.17) is 0 Å². The van der Waals surface area contributed by atoms with Crippen LogP contribution in [0, 0.1) is 0 Å². The minimum atomic E-state index is -2.45. The van der Waals surface area contributed by atoms with Crippen LogP contribution in [0.25, 0.3) is 22.4 Å². The first-order valence-electron chi connectivity index (χ1n) is 5.36. The molecule has 0 amide bonds. The van der Waals surface area contributed by atoms with E-state index in [1.165, 1.54) is 12.1 Å². The minimum Gasteiger partial charge on any atom is -0.200 e. The van der Waals surface area contributed by atoms with Crippen LogP contribution in [0.1, 0.15) is 11.1 Å². The Labute approximate surface area is 109 Å². The number of hydrogen-bond donors (Lipinski definition) is 0. The van der Waals surface area contributed by atoms with E-state index in [2.05, 4.69) is 0 Å². The minimum absolute atomic E-state index is 0.328. The number of benzene rings is 2. The average molecular weight is 288 g/mol. The molecule has 0 radical (unpaired) electrons. The van der Waals surface area contributed by atoms with Crippen molar-refractivity contribution in [3.63, 3.8) is 0 Å². The van der Waals surface area contributed by atoms with Crippen LogP contribution >= 0.6 is 0 Å². The lowest BCUT2D eigenvalue weighted by molar-refractivity contribution is 0.410. The van der Waals surface area contributed by atoms with E-state index in [1.54, 1.807) is 0 Å². The molecule has 0 unspecified atom stereocenters. The average Bonchev–Trinajstić information content (AvgIpc) is 2.44. The quantitative estimate of drug-likeness (QED) is 0.603. The molecule has 2 aromatic rings. The zero-order valence-corrected chi connectivity index (χ0v) is 9.73. The normalized spacial score (nSPS) is 10.5. The molecule has 20 heavy (non-hydrogen) atoms. The maximum atomic E-state index is 13.1. The van der Waals surface area contributed by atoms with Crippen LogP contribution in [0.4, 0.5) is 26.3 Å². The summed E-state index contributed by atoms with van der Waals surface area (Å²) in [5.41, 5.74) is -0.670. The summed E-state index contributed by atoms with van der Waals surface area (Å²) < 4.78 is 74.7. The molecule has 0 spiro atoms. The molecule has 2 aromatic carbocycles. The summed E-state index contributed by atoms with van der Waals surface area (Å²) >= 11 is 0. The summed E-state index contributed by atoms with van der Waals surface area (Å²) in [6, 6.07) is 6.88. The summed E-state index contributed by atoms with van der Waals surface area (Å²) in [7, 11) is 0. The zero-order valence-electron chi connectivity index (χ0n) is 9.73. The van der Waals surface area contributed by atoms with E-state index in [0.29, 0.717) is 10.8 Å². The van der Waals surface area contributed by atoms with E-state index in [1.807, 2.05) is 0 Å². The van der Waals surface area contributed by atoms with Crippen molar-refractivity contribution < 1.29 is 26.3 Å². The van der Waals surface area contributed by atoms with E-state index >= 15 is 0 Å². The molecule has 0 fully saturated rings. The molecule has 0 aliphatic carbocycles. The molecule has 2 rings (SSSR count). The highest BCUT2D eigenvalue weighted by atomic mass is 19.3. The molecule has 0 saturated carbocycles. The van der Waals surface area contributed by atoms with Gasteiger partial charge in [-0.05, 0) is 22.9 Å². The first-order chi connectivity index (χ1) is 9.40. The van der Waals surface area contributed by atoms with Crippen LogP contribution in [-0.4, -0.2) is 0 Å². The van der Waals surface area contributed by atoms with Crippen LogP contribution in [0.5, 0.6) is 0 Å². The molecule has 0 atom stereocenters. The Hall–Kier alpha value is -2.24. The van der Waals surface area contributed by atoms with Crippen molar-refractivity contribution >= 4 is 22.4 Å². The molecule has 0 aromatic heterocycles. The van der Waals surface area contributed by atoms with Gasteiger partial charge in [-0.2, -0.15) is 17.6 Å². The van der Waals surface area contributed by atoms with Gasteiger partial charge in [-0.25, -0.2) is 8.78 Å². The van der Waals surface area contributed by atoms with Gasteiger partial charge in [-0.1, -0.05) is 24.3 Å². The summed E-state index contributed by atoms with van der Waals surface area (Å²) in [5, 5.41) is 0.657. The highest BCUT2D eigenvalue weighted by Gasteiger charge is 2.11. The second-order valence-electron chi connectivity index (χ2n) is 3.93. The molecule has 0 nitrogen and oxygen atoms in total. The number of halogens is 6. The van der Waals surface area contributed by atoms with Crippen molar-refractivity contribution in [3.8, 4) is 0 Å². The van der Waals surface area contributed by atoms with Gasteiger partial charge in [0, 0.05) is 11.1 Å². The van der Waals surface area contributed by atoms with Crippen LogP contribution in [0.2, 0.25) is 0 Å². The fraction of sp³-hybridized carbons (Fsp3) is 0. The topological polar surface area (TPSA) is 0 Å². The molecular formula is C14H6F6. The molecule has 0 aliphatic rings. The number of hydrogen-bond acceptors (Lipinski definition) is 0. The highest BCUT2D eigenvalue weighted by Crippen LogP contribution is 2.29. The Balaban J connectivity index is 2.56. The van der Waals surface area contributed by atoms with Gasteiger partial charge in [0.15, 0.2) is 11.7 Å². The van der Waals surface area contributed by atoms with Crippen molar-refractivity contribution in [1.82, 2.24) is 0 Å². The Bertz CT molecular complexity index is 658. The van der Waals surface area contributed by atoms with Crippen molar-refractivity contribution in [1.29, 1.82) is 0 Å². The molecule has 6 heteroatoms. The van der Waals surface area contributed by atoms with Crippen molar-refractivity contribution in [2.75, 3.05) is 0 Å². The lowest BCUT2D eigenvalue weighted by Crippen LogP contribution is -1.84. The van der Waals surface area contributed by atoms with E-state index in [9.17, 15) is 26.3 Å². The number of rotatable bonds is 2. The lowest BCUT2D eigenvalue weighted by Gasteiger charge is -2.04. The standard InChI is InChI=1S/C14H6F6/c15-11(13(17)18)9-3-1-7-5-10(12(16)14(19)20)4-2-8(7)6-9/h1-6H. The van der Waals surface area contributed by atoms with Crippen molar-refractivity contribution in [2.24, 2.45) is 0 Å². The molecule has 0 bridgehead atoms. The van der Waals surface area contributed by atoms with Gasteiger partial charge in [0.25, 0.3) is 0 Å². The van der Waals surface area contributed by atoms with E-state index in [-0.39, 0.29) is 11.1 Å². The zero-order chi connectivity index (χ0) is 14.9. The first-order valence-corrected chi connectivity index (χ1v) is 5.36. The van der Waals surface area contributed by atoms with Gasteiger partial charge in [0.2, 0.25) is 0 Å². The van der Waals surface area contributed by atoms with Gasteiger partial charge in [-0.15, -0.1) is 0 Å². The van der Waals surface area contributed by atoms with Gasteiger partial charge in [0.1, 0.15) is 0 Å². The Kier molecular flexibility index (Phi) is 3.83. The van der Waals surface area contributed by atoms with Crippen LogP contribution in [0.15, 0.2) is 48.6 Å². The van der Waals surface area contributed by atoms with Crippen LogP contribution < -0.4 is 0 Å². The fourth-order valence-electron chi connectivity index (χ4n) is 1.74. The lowest BCUT2D eigenvalue weighted by atomic mass is 10.0. The van der Waals surface area contributed by atoms with Gasteiger partial charge >= 0.3 is 12.2 Å². The van der Waals surface area contributed by atoms with Crippen molar-refractivity contribution in [3.05, 3.63) is 59.7 Å². The third kappa shape index (κ3) is 2.68. The largest absolute Gasteiger partial charge is 0.306 e. The van der Waals surface area contributed by atoms with Crippen LogP contribution in [-0.2, 0) is 0 Å². The smallest absolute Gasteiger partial charge is 0.200 e. The summed E-state index contributed by atoms with van der Waals surface area (Å²) in [5.74, 6) is -3.31. The van der Waals surface area contributed by atoms with Crippen molar-refractivity contribution in [2.45, 2.75) is 0 Å². The monoisotopic (exact) mass is 288 g/mol. The van der Waals surface area contributed by atoms with Crippen LogP contribution in [0.3, 0.4) is 0 Å². The maximum absolute atomic E-state index is 13.1. The van der Waals surface area contributed by atoms with Gasteiger partial charge < -0.3 is 0 Å². The SMILES string of the molecule is FC(F)=C(F)c1ccc2cc(C(F)=C(F)F)ccc2c1. The number of fused-ring (bicyclic) bond motifs is 1. The molecule has 0 aliphatic heterocycles. The molecule has 104 valence electrons. The Morgan fingerprint density at radius 3 is 1.20 bits per heavy atom. The van der Waals surface area contributed by atoms with E-state index in [0.717, 1.165) is 24.3 Å². The first kappa shape index (κ1) is 14.2. The van der Waals surface area contributed by atoms with E-state index < -0.39 is 23.8 Å². The third-order valence-corrected chi connectivity index (χ3v) is 2.68. The maximum Gasteiger partial charge on any atom is 0.306 e.